The molecule has 0 aromatic rings. The van der Waals surface area contributed by atoms with Gasteiger partial charge in [-0.05, 0) is 20.5 Å². The molecule has 0 rings (SSSR count). The van der Waals surface area contributed by atoms with Gasteiger partial charge in [-0.2, -0.15) is 0 Å². The van der Waals surface area contributed by atoms with Gasteiger partial charge >= 0.3 is 0 Å². The van der Waals surface area contributed by atoms with Crippen molar-refractivity contribution < 1.29 is 9.84 Å². The summed E-state index contributed by atoms with van der Waals surface area (Å²) in [5.74, 6) is 0. The molecule has 0 spiro atoms. The zero-order valence-corrected chi connectivity index (χ0v) is 7.71. The molecule has 0 saturated heterocycles. The first kappa shape index (κ1) is 10.9. The zero-order chi connectivity index (χ0) is 8.69. The van der Waals surface area contributed by atoms with Crippen LogP contribution in [-0.4, -0.2) is 43.5 Å². The number of rotatable bonds is 6. The van der Waals surface area contributed by atoms with Crippen molar-refractivity contribution in [1.29, 1.82) is 0 Å². The Morgan fingerprint density at radius 2 is 2.09 bits per heavy atom. The van der Waals surface area contributed by atoms with Crippen molar-refractivity contribution in [3.05, 3.63) is 0 Å². The van der Waals surface area contributed by atoms with Gasteiger partial charge in [-0.1, -0.05) is 13.3 Å². The van der Waals surface area contributed by atoms with Crippen molar-refractivity contribution in [3.8, 4) is 0 Å². The summed E-state index contributed by atoms with van der Waals surface area (Å²) in [4.78, 5) is 1.87. The Kier molecular flexibility index (Phi) is 6.51. The summed E-state index contributed by atoms with van der Waals surface area (Å²) < 4.78 is 5.37. The fraction of sp³-hybridized carbons (Fsp3) is 1.00. The number of aliphatic hydroxyl groups excluding tert-OH is 1. The topological polar surface area (TPSA) is 32.7 Å². The van der Waals surface area contributed by atoms with E-state index in [0.717, 1.165) is 19.4 Å². The van der Waals surface area contributed by atoms with Crippen LogP contribution in [0.3, 0.4) is 0 Å². The monoisotopic (exact) mass is 161 g/mol. The standard InChI is InChI=1S/C8H19NO2/c1-4-5-6-11-8(7-10)9(2)3/h8,10H,4-7H2,1-3H3. The molecule has 1 N–H and O–H groups in total. The normalized spacial score (nSPS) is 13.9. The van der Waals surface area contributed by atoms with Crippen LogP contribution in [0.25, 0.3) is 0 Å². The van der Waals surface area contributed by atoms with Gasteiger partial charge in [0, 0.05) is 6.61 Å². The molecule has 1 unspecified atom stereocenters. The van der Waals surface area contributed by atoms with E-state index in [0.29, 0.717) is 0 Å². The lowest BCUT2D eigenvalue weighted by Crippen LogP contribution is -2.34. The maximum Gasteiger partial charge on any atom is 0.133 e. The summed E-state index contributed by atoms with van der Waals surface area (Å²) in [6.07, 6.45) is 2.05. The highest BCUT2D eigenvalue weighted by Gasteiger charge is 2.08. The quantitative estimate of drug-likeness (QED) is 0.459. The summed E-state index contributed by atoms with van der Waals surface area (Å²) in [5, 5.41) is 8.83. The molecular weight excluding hydrogens is 142 g/mol. The molecule has 68 valence electrons. The Labute approximate surface area is 69.0 Å². The molecule has 0 amide bonds. The molecule has 0 bridgehead atoms. The second-order valence-electron chi connectivity index (χ2n) is 2.83. The van der Waals surface area contributed by atoms with Crippen LogP contribution in [0.2, 0.25) is 0 Å². The Balaban J connectivity index is 3.36. The van der Waals surface area contributed by atoms with E-state index in [1.165, 1.54) is 0 Å². The molecule has 0 aliphatic heterocycles. The minimum absolute atomic E-state index is 0.0662. The molecular formula is C8H19NO2. The molecule has 0 heterocycles. The Morgan fingerprint density at radius 1 is 1.45 bits per heavy atom. The minimum Gasteiger partial charge on any atom is -0.392 e. The Hall–Kier alpha value is -0.120. The van der Waals surface area contributed by atoms with Crippen molar-refractivity contribution in [1.82, 2.24) is 4.90 Å². The minimum atomic E-state index is -0.137. The molecule has 1 atom stereocenters. The SMILES string of the molecule is CCCCOC(CO)N(C)C. The van der Waals surface area contributed by atoms with Crippen LogP contribution in [0.1, 0.15) is 19.8 Å². The van der Waals surface area contributed by atoms with Gasteiger partial charge in [0.2, 0.25) is 0 Å². The predicted octanol–water partition coefficient (Wildman–Crippen LogP) is 0.683. The maximum atomic E-state index is 8.83. The number of hydrogen-bond donors (Lipinski definition) is 1. The molecule has 0 fully saturated rings. The van der Waals surface area contributed by atoms with E-state index in [2.05, 4.69) is 6.92 Å². The summed E-state index contributed by atoms with van der Waals surface area (Å²) in [6.45, 7) is 2.92. The molecule has 0 aromatic heterocycles. The molecule has 0 aliphatic rings. The summed E-state index contributed by atoms with van der Waals surface area (Å²) in [5.41, 5.74) is 0. The molecule has 0 aliphatic carbocycles. The van der Waals surface area contributed by atoms with Gasteiger partial charge in [0.25, 0.3) is 0 Å². The van der Waals surface area contributed by atoms with Crippen molar-refractivity contribution in [2.45, 2.75) is 26.0 Å². The fourth-order valence-corrected chi connectivity index (χ4v) is 0.729. The molecule has 11 heavy (non-hydrogen) atoms. The van der Waals surface area contributed by atoms with E-state index >= 15 is 0 Å². The first-order chi connectivity index (χ1) is 5.22. The lowest BCUT2D eigenvalue weighted by atomic mass is 10.4. The zero-order valence-electron chi connectivity index (χ0n) is 7.71. The number of nitrogens with zero attached hydrogens (tertiary/aromatic N) is 1. The van der Waals surface area contributed by atoms with E-state index in [9.17, 15) is 0 Å². The molecule has 3 heteroatoms. The predicted molar refractivity (Wildman–Crippen MR) is 45.4 cm³/mol. The van der Waals surface area contributed by atoms with Gasteiger partial charge in [0.05, 0.1) is 6.61 Å². The van der Waals surface area contributed by atoms with E-state index in [1.54, 1.807) is 0 Å². The van der Waals surface area contributed by atoms with Gasteiger partial charge in [-0.15, -0.1) is 0 Å². The van der Waals surface area contributed by atoms with Crippen molar-refractivity contribution >= 4 is 0 Å². The molecule has 0 radical (unpaired) electrons. The largest absolute Gasteiger partial charge is 0.392 e. The van der Waals surface area contributed by atoms with Crippen LogP contribution < -0.4 is 0 Å². The number of ether oxygens (including phenoxy) is 1. The third-order valence-electron chi connectivity index (χ3n) is 1.54. The smallest absolute Gasteiger partial charge is 0.133 e. The Morgan fingerprint density at radius 3 is 2.45 bits per heavy atom. The van der Waals surface area contributed by atoms with Crippen LogP contribution in [0.4, 0.5) is 0 Å². The van der Waals surface area contributed by atoms with E-state index in [-0.39, 0.29) is 12.8 Å². The van der Waals surface area contributed by atoms with Crippen molar-refractivity contribution in [3.63, 3.8) is 0 Å². The van der Waals surface area contributed by atoms with Gasteiger partial charge < -0.3 is 9.84 Å². The summed E-state index contributed by atoms with van der Waals surface area (Å²) >= 11 is 0. The van der Waals surface area contributed by atoms with Gasteiger partial charge in [-0.3, -0.25) is 4.90 Å². The number of unbranched alkanes of at least 4 members (excludes halogenated alkanes) is 1. The number of aliphatic hydroxyl groups is 1. The van der Waals surface area contributed by atoms with Crippen molar-refractivity contribution in [2.24, 2.45) is 0 Å². The first-order valence-electron chi connectivity index (χ1n) is 4.11. The van der Waals surface area contributed by atoms with E-state index in [4.69, 9.17) is 9.84 Å². The summed E-state index contributed by atoms with van der Waals surface area (Å²) in [6, 6.07) is 0. The molecule has 0 saturated carbocycles. The summed E-state index contributed by atoms with van der Waals surface area (Å²) in [7, 11) is 3.79. The maximum absolute atomic E-state index is 8.83. The van der Waals surface area contributed by atoms with Crippen LogP contribution in [0.5, 0.6) is 0 Å². The average Bonchev–Trinajstić information content (AvgIpc) is 1.97. The average molecular weight is 161 g/mol. The third-order valence-corrected chi connectivity index (χ3v) is 1.54. The fourth-order valence-electron chi connectivity index (χ4n) is 0.729. The van der Waals surface area contributed by atoms with E-state index in [1.807, 2.05) is 19.0 Å². The number of likely N-dealkylation sites (N-methyl/N-ethyl adjacent to an activating group) is 1. The molecule has 3 nitrogen and oxygen atoms in total. The van der Waals surface area contributed by atoms with Crippen molar-refractivity contribution in [2.75, 3.05) is 27.3 Å². The highest BCUT2D eigenvalue weighted by molar-refractivity contribution is 4.50. The first-order valence-corrected chi connectivity index (χ1v) is 4.11. The second-order valence-corrected chi connectivity index (χ2v) is 2.83. The van der Waals surface area contributed by atoms with Gasteiger partial charge in [0.15, 0.2) is 0 Å². The highest BCUT2D eigenvalue weighted by atomic mass is 16.5. The van der Waals surface area contributed by atoms with Crippen LogP contribution in [0, 0.1) is 0 Å². The lowest BCUT2D eigenvalue weighted by Gasteiger charge is -2.21. The molecule has 0 aromatic carbocycles. The van der Waals surface area contributed by atoms with Gasteiger partial charge in [-0.25, -0.2) is 0 Å². The third kappa shape index (κ3) is 5.18. The van der Waals surface area contributed by atoms with Crippen LogP contribution in [-0.2, 0) is 4.74 Å². The Bertz CT molecular complexity index is 86.2. The highest BCUT2D eigenvalue weighted by Crippen LogP contribution is 1.97. The van der Waals surface area contributed by atoms with E-state index < -0.39 is 0 Å². The number of hydrogen-bond acceptors (Lipinski definition) is 3. The van der Waals surface area contributed by atoms with Crippen LogP contribution >= 0.6 is 0 Å². The lowest BCUT2D eigenvalue weighted by molar-refractivity contribution is -0.0670. The van der Waals surface area contributed by atoms with Gasteiger partial charge in [0.1, 0.15) is 6.23 Å². The second kappa shape index (κ2) is 6.58. The van der Waals surface area contributed by atoms with Crippen LogP contribution in [0.15, 0.2) is 0 Å².